The Bertz CT molecular complexity index is 664. The molecule has 1 amide bonds. The lowest BCUT2D eigenvalue weighted by Crippen LogP contribution is -2.50. The van der Waals surface area contributed by atoms with Crippen LogP contribution in [0.5, 0.6) is 0 Å². The molecule has 124 valence electrons. The first-order chi connectivity index (χ1) is 10.6. The van der Waals surface area contributed by atoms with E-state index in [0.717, 1.165) is 4.90 Å². The molecule has 1 N–H and O–H groups in total. The highest BCUT2D eigenvalue weighted by atomic mass is 16.6. The zero-order valence-corrected chi connectivity index (χ0v) is 13.1. The minimum atomic E-state index is -1.14. The molecule has 1 atom stereocenters. The summed E-state index contributed by atoms with van der Waals surface area (Å²) in [5, 5.41) is 20.2. The van der Waals surface area contributed by atoms with Crippen LogP contribution in [0.3, 0.4) is 0 Å². The summed E-state index contributed by atoms with van der Waals surface area (Å²) < 4.78 is 5.24. The number of carbonyl (C=O) groups is 2. The molecule has 0 saturated heterocycles. The van der Waals surface area contributed by atoms with Crippen LogP contribution >= 0.6 is 0 Å². The van der Waals surface area contributed by atoms with Gasteiger partial charge in [0.25, 0.3) is 5.69 Å². The van der Waals surface area contributed by atoms with Crippen LogP contribution in [-0.2, 0) is 22.5 Å². The number of fused-ring (bicyclic) bond motifs is 1. The van der Waals surface area contributed by atoms with Gasteiger partial charge < -0.3 is 9.84 Å². The maximum absolute atomic E-state index is 12.3. The number of hydrogen-bond donors (Lipinski definition) is 1. The minimum Gasteiger partial charge on any atom is -0.480 e. The van der Waals surface area contributed by atoms with Gasteiger partial charge in [0, 0.05) is 18.6 Å². The van der Waals surface area contributed by atoms with Crippen molar-refractivity contribution in [3.63, 3.8) is 0 Å². The van der Waals surface area contributed by atoms with Crippen LogP contribution in [0, 0.1) is 10.1 Å². The van der Waals surface area contributed by atoms with Gasteiger partial charge in [-0.3, -0.25) is 15.0 Å². The van der Waals surface area contributed by atoms with Gasteiger partial charge in [-0.2, -0.15) is 0 Å². The molecule has 1 aliphatic heterocycles. The van der Waals surface area contributed by atoms with E-state index in [1.165, 1.54) is 18.2 Å². The maximum atomic E-state index is 12.3. The van der Waals surface area contributed by atoms with Gasteiger partial charge in [-0.1, -0.05) is 6.07 Å². The van der Waals surface area contributed by atoms with Crippen LogP contribution in [0.1, 0.15) is 31.9 Å². The fourth-order valence-corrected chi connectivity index (χ4v) is 2.42. The van der Waals surface area contributed by atoms with Crippen molar-refractivity contribution in [2.75, 3.05) is 0 Å². The summed E-state index contributed by atoms with van der Waals surface area (Å²) in [4.78, 5) is 35.2. The van der Waals surface area contributed by atoms with Crippen LogP contribution in [0.15, 0.2) is 18.2 Å². The molecule has 1 heterocycles. The molecule has 8 nitrogen and oxygen atoms in total. The highest BCUT2D eigenvalue weighted by Crippen LogP contribution is 2.28. The standard InChI is InChI=1S/C15H18N2O6/c1-15(2,3)23-14(20)16-8-10-6-11(17(21)22)5-4-9(10)7-12(16)13(18)19/h4-6,12H,7-8H2,1-3H3,(H,18,19)/t12-/m0/s1. The van der Waals surface area contributed by atoms with Crippen LogP contribution in [-0.4, -0.2) is 38.6 Å². The number of carbonyl (C=O) groups excluding carboxylic acids is 1. The van der Waals surface area contributed by atoms with E-state index >= 15 is 0 Å². The summed E-state index contributed by atoms with van der Waals surface area (Å²) >= 11 is 0. The first-order valence-corrected chi connectivity index (χ1v) is 7.07. The number of aliphatic carboxylic acids is 1. The molecule has 8 heteroatoms. The van der Waals surface area contributed by atoms with Gasteiger partial charge in [-0.15, -0.1) is 0 Å². The Labute approximate surface area is 132 Å². The van der Waals surface area contributed by atoms with E-state index in [0.29, 0.717) is 11.1 Å². The van der Waals surface area contributed by atoms with E-state index in [1.807, 2.05) is 0 Å². The molecule has 1 aliphatic rings. The third-order valence-electron chi connectivity index (χ3n) is 3.44. The number of hydrogen-bond acceptors (Lipinski definition) is 5. The number of benzene rings is 1. The van der Waals surface area contributed by atoms with Crippen molar-refractivity contribution in [1.82, 2.24) is 4.90 Å². The first-order valence-electron chi connectivity index (χ1n) is 7.07. The number of nitro groups is 1. The fraction of sp³-hybridized carbons (Fsp3) is 0.467. The maximum Gasteiger partial charge on any atom is 0.411 e. The second-order valence-electron chi connectivity index (χ2n) is 6.38. The first kappa shape index (κ1) is 16.7. The van der Waals surface area contributed by atoms with Gasteiger partial charge in [-0.25, -0.2) is 9.59 Å². The predicted molar refractivity (Wildman–Crippen MR) is 80.0 cm³/mol. The number of nitrogens with zero attached hydrogens (tertiary/aromatic N) is 2. The molecule has 0 saturated carbocycles. The molecular weight excluding hydrogens is 304 g/mol. The van der Waals surface area contributed by atoms with Crippen molar-refractivity contribution in [2.24, 2.45) is 0 Å². The molecule has 1 aromatic carbocycles. The SMILES string of the molecule is CC(C)(C)OC(=O)N1Cc2cc([N+](=O)[O-])ccc2C[C@H]1C(=O)O. The fourth-order valence-electron chi connectivity index (χ4n) is 2.42. The largest absolute Gasteiger partial charge is 0.480 e. The molecule has 2 rings (SSSR count). The Hall–Kier alpha value is -2.64. The van der Waals surface area contributed by atoms with Crippen LogP contribution in [0.25, 0.3) is 0 Å². The van der Waals surface area contributed by atoms with E-state index in [4.69, 9.17) is 4.74 Å². The average molecular weight is 322 g/mol. The molecule has 23 heavy (non-hydrogen) atoms. The summed E-state index contributed by atoms with van der Waals surface area (Å²) in [6.07, 6.45) is -0.663. The van der Waals surface area contributed by atoms with Crippen molar-refractivity contribution in [2.45, 2.75) is 45.4 Å². The lowest BCUT2D eigenvalue weighted by atomic mass is 9.94. The van der Waals surface area contributed by atoms with Crippen molar-refractivity contribution in [1.29, 1.82) is 0 Å². The molecule has 0 aromatic heterocycles. The van der Waals surface area contributed by atoms with Crippen molar-refractivity contribution in [3.8, 4) is 0 Å². The molecule has 0 radical (unpaired) electrons. The quantitative estimate of drug-likeness (QED) is 0.661. The van der Waals surface area contributed by atoms with E-state index < -0.39 is 28.6 Å². The van der Waals surface area contributed by atoms with Gasteiger partial charge >= 0.3 is 12.1 Å². The molecule has 0 spiro atoms. The Morgan fingerprint density at radius 3 is 2.52 bits per heavy atom. The average Bonchev–Trinajstić information content (AvgIpc) is 2.43. The van der Waals surface area contributed by atoms with E-state index in [1.54, 1.807) is 20.8 Å². The topological polar surface area (TPSA) is 110 Å². The number of carboxylic acids is 1. The number of rotatable bonds is 2. The Kier molecular flexibility index (Phi) is 4.26. The van der Waals surface area contributed by atoms with E-state index in [9.17, 15) is 24.8 Å². The number of amides is 1. The second kappa shape index (κ2) is 5.86. The molecular formula is C15H18N2O6. The smallest absolute Gasteiger partial charge is 0.411 e. The molecule has 0 bridgehead atoms. The molecule has 0 fully saturated rings. The number of carboxylic acid groups (broad SMARTS) is 1. The van der Waals surface area contributed by atoms with Gasteiger partial charge in [0.05, 0.1) is 11.5 Å². The third-order valence-corrected chi connectivity index (χ3v) is 3.44. The number of ether oxygens (including phenoxy) is 1. The van der Waals surface area contributed by atoms with Crippen molar-refractivity contribution < 1.29 is 24.4 Å². The Morgan fingerprint density at radius 1 is 1.35 bits per heavy atom. The van der Waals surface area contributed by atoms with Gasteiger partial charge in [0.15, 0.2) is 0 Å². The molecule has 1 aromatic rings. The van der Waals surface area contributed by atoms with Crippen molar-refractivity contribution >= 4 is 17.7 Å². The van der Waals surface area contributed by atoms with E-state index in [-0.39, 0.29) is 18.7 Å². The molecule has 0 aliphatic carbocycles. The van der Waals surface area contributed by atoms with Crippen molar-refractivity contribution in [3.05, 3.63) is 39.4 Å². The summed E-state index contributed by atoms with van der Waals surface area (Å²) in [6.45, 7) is 5.01. The van der Waals surface area contributed by atoms with Crippen LogP contribution in [0.4, 0.5) is 10.5 Å². The minimum absolute atomic E-state index is 0.0388. The summed E-state index contributed by atoms with van der Waals surface area (Å²) in [5.74, 6) is -1.14. The lowest BCUT2D eigenvalue weighted by molar-refractivity contribution is -0.385. The van der Waals surface area contributed by atoms with Gasteiger partial charge in [0.1, 0.15) is 11.6 Å². The van der Waals surface area contributed by atoms with Gasteiger partial charge in [0.2, 0.25) is 0 Å². The third kappa shape index (κ3) is 3.77. The number of non-ortho nitro benzene ring substituents is 1. The Balaban J connectivity index is 2.35. The van der Waals surface area contributed by atoms with Crippen LogP contribution in [0.2, 0.25) is 0 Å². The monoisotopic (exact) mass is 322 g/mol. The second-order valence-corrected chi connectivity index (χ2v) is 6.38. The zero-order valence-electron chi connectivity index (χ0n) is 13.1. The normalized spacial score (nSPS) is 17.3. The summed E-state index contributed by atoms with van der Waals surface area (Å²) in [6, 6.07) is 3.18. The van der Waals surface area contributed by atoms with Crippen LogP contribution < -0.4 is 0 Å². The molecule has 0 unspecified atom stereocenters. The highest BCUT2D eigenvalue weighted by Gasteiger charge is 2.37. The highest BCUT2D eigenvalue weighted by molar-refractivity contribution is 5.81. The number of nitro benzene ring substituents is 1. The summed E-state index contributed by atoms with van der Waals surface area (Å²) in [7, 11) is 0. The van der Waals surface area contributed by atoms with E-state index in [2.05, 4.69) is 0 Å². The zero-order chi connectivity index (χ0) is 17.4. The van der Waals surface area contributed by atoms with Gasteiger partial charge in [-0.05, 0) is 31.9 Å². The predicted octanol–water partition coefficient (Wildman–Crippen LogP) is 2.34. The summed E-state index contributed by atoms with van der Waals surface area (Å²) in [5.41, 5.74) is 0.385. The lowest BCUT2D eigenvalue weighted by Gasteiger charge is -2.35. The Morgan fingerprint density at radius 2 is 2.00 bits per heavy atom.